The minimum Gasteiger partial charge on any atom is -0.381 e. The van der Waals surface area contributed by atoms with Crippen molar-refractivity contribution in [1.82, 2.24) is 9.80 Å². The Kier molecular flexibility index (Phi) is 8.96. The van der Waals surface area contributed by atoms with Crippen LogP contribution in [-0.2, 0) is 9.53 Å². The Bertz CT molecular complexity index is 324. The van der Waals surface area contributed by atoms with E-state index >= 15 is 0 Å². The predicted octanol–water partition coefficient (Wildman–Crippen LogP) is 0.747. The second-order valence-corrected chi connectivity index (χ2v) is 5.25. The summed E-state index contributed by atoms with van der Waals surface area (Å²) in [4.78, 5) is 15.8. The van der Waals surface area contributed by atoms with Gasteiger partial charge in [-0.3, -0.25) is 9.69 Å². The molecule has 0 bridgehead atoms. The zero-order chi connectivity index (χ0) is 13.9. The van der Waals surface area contributed by atoms with Crippen molar-refractivity contribution in [1.29, 1.82) is 0 Å². The highest BCUT2D eigenvalue weighted by Gasteiger charge is 2.39. The minimum atomic E-state index is -2.32. The highest BCUT2D eigenvalue weighted by atomic mass is 35.5. The number of ether oxygens (including phenoxy) is 1. The van der Waals surface area contributed by atoms with Crippen LogP contribution in [0.2, 0.25) is 0 Å². The summed E-state index contributed by atoms with van der Waals surface area (Å²) in [6, 6.07) is 0. The van der Waals surface area contributed by atoms with Crippen LogP contribution in [0.5, 0.6) is 0 Å². The Morgan fingerprint density at radius 2 is 1.67 bits per heavy atom. The third-order valence-corrected chi connectivity index (χ3v) is 3.87. The van der Waals surface area contributed by atoms with Gasteiger partial charge in [-0.25, -0.2) is 8.78 Å². The molecule has 0 unspecified atom stereocenters. The van der Waals surface area contributed by atoms with Crippen molar-refractivity contribution in [3.8, 4) is 0 Å². The van der Waals surface area contributed by atoms with E-state index in [0.29, 0.717) is 52.2 Å². The average Bonchev–Trinajstić information content (AvgIpc) is 2.39. The maximum absolute atomic E-state index is 12.4. The number of nitrogens with two attached hydrogens (primary N) is 1. The van der Waals surface area contributed by atoms with Gasteiger partial charge in [0.25, 0.3) is 6.43 Å². The molecule has 2 fully saturated rings. The van der Waals surface area contributed by atoms with Crippen molar-refractivity contribution in [2.24, 2.45) is 5.73 Å². The molecule has 2 saturated heterocycles. The van der Waals surface area contributed by atoms with Gasteiger partial charge in [0.1, 0.15) is 0 Å². The van der Waals surface area contributed by atoms with Crippen LogP contribution in [0, 0.1) is 0 Å². The van der Waals surface area contributed by atoms with Gasteiger partial charge in [0.2, 0.25) is 5.91 Å². The third-order valence-electron chi connectivity index (χ3n) is 3.87. The summed E-state index contributed by atoms with van der Waals surface area (Å²) in [6.45, 7) is 2.73. The maximum atomic E-state index is 12.4. The lowest BCUT2D eigenvalue weighted by atomic mass is 9.89. The van der Waals surface area contributed by atoms with Gasteiger partial charge in [0.15, 0.2) is 0 Å². The summed E-state index contributed by atoms with van der Waals surface area (Å²) in [6.07, 6.45) is -1.26. The lowest BCUT2D eigenvalue weighted by molar-refractivity contribution is -0.142. The van der Waals surface area contributed by atoms with Crippen molar-refractivity contribution in [3.05, 3.63) is 0 Å². The van der Waals surface area contributed by atoms with Crippen LogP contribution in [0.4, 0.5) is 8.78 Å². The summed E-state index contributed by atoms with van der Waals surface area (Å²) >= 11 is 0. The smallest absolute Gasteiger partial charge is 0.251 e. The SMILES string of the molecule is Cl.Cl.NC1(C(=O)N2CCN(CC(F)F)CC2)CCOCC1. The van der Waals surface area contributed by atoms with Crippen LogP contribution in [0.3, 0.4) is 0 Å². The third kappa shape index (κ3) is 5.49. The van der Waals surface area contributed by atoms with E-state index in [0.717, 1.165) is 0 Å². The quantitative estimate of drug-likeness (QED) is 0.816. The number of carbonyl (C=O) groups excluding carboxylic acids is 1. The van der Waals surface area contributed by atoms with Gasteiger partial charge in [0.05, 0.1) is 12.1 Å². The Morgan fingerprint density at radius 3 is 2.14 bits per heavy atom. The Morgan fingerprint density at radius 1 is 1.14 bits per heavy atom. The standard InChI is InChI=1S/C12H21F2N3O2.2ClH/c13-10(14)9-16-3-5-17(6-4-16)11(18)12(15)1-7-19-8-2-12;;/h10H,1-9,15H2;2*1H. The predicted molar refractivity (Wildman–Crippen MR) is 80.5 cm³/mol. The van der Waals surface area contributed by atoms with Crippen LogP contribution in [0.25, 0.3) is 0 Å². The summed E-state index contributed by atoms with van der Waals surface area (Å²) in [5.74, 6) is -0.0625. The molecule has 0 radical (unpaired) electrons. The second kappa shape index (κ2) is 9.05. The second-order valence-electron chi connectivity index (χ2n) is 5.25. The highest BCUT2D eigenvalue weighted by Crippen LogP contribution is 2.21. The van der Waals surface area contributed by atoms with Gasteiger partial charge >= 0.3 is 0 Å². The van der Waals surface area contributed by atoms with Crippen LogP contribution in [-0.4, -0.2) is 73.6 Å². The first kappa shape index (κ1) is 20.8. The molecule has 2 heterocycles. The Balaban J connectivity index is 0.00000200. The van der Waals surface area contributed by atoms with Crippen molar-refractivity contribution >= 4 is 30.7 Å². The topological polar surface area (TPSA) is 58.8 Å². The molecule has 9 heteroatoms. The van der Waals surface area contributed by atoms with Gasteiger partial charge in [0, 0.05) is 39.4 Å². The zero-order valence-electron chi connectivity index (χ0n) is 11.8. The molecule has 2 aliphatic heterocycles. The molecule has 126 valence electrons. The molecule has 2 N–H and O–H groups in total. The van der Waals surface area contributed by atoms with Crippen LogP contribution in [0.15, 0.2) is 0 Å². The molecule has 2 aliphatic rings. The molecule has 0 aromatic heterocycles. The molecule has 0 aliphatic carbocycles. The van der Waals surface area contributed by atoms with Gasteiger partial charge in [-0.15, -0.1) is 24.8 Å². The lowest BCUT2D eigenvalue weighted by Crippen LogP contribution is -2.61. The number of rotatable bonds is 3. The summed E-state index contributed by atoms with van der Waals surface area (Å²) in [5.41, 5.74) is 5.31. The van der Waals surface area contributed by atoms with E-state index in [-0.39, 0.29) is 37.3 Å². The number of nitrogens with zero attached hydrogens (tertiary/aromatic N) is 2. The number of carbonyl (C=O) groups is 1. The van der Waals surface area contributed by atoms with Crippen LogP contribution < -0.4 is 5.73 Å². The molecular weight excluding hydrogens is 327 g/mol. The number of hydrogen-bond acceptors (Lipinski definition) is 4. The van der Waals surface area contributed by atoms with Gasteiger partial charge < -0.3 is 15.4 Å². The van der Waals surface area contributed by atoms with E-state index in [9.17, 15) is 13.6 Å². The normalized spacial score (nSPS) is 22.4. The van der Waals surface area contributed by atoms with E-state index in [4.69, 9.17) is 10.5 Å². The molecule has 0 aromatic carbocycles. The zero-order valence-corrected chi connectivity index (χ0v) is 13.4. The number of alkyl halides is 2. The van der Waals surface area contributed by atoms with Gasteiger partial charge in [-0.2, -0.15) is 0 Å². The first-order valence-electron chi connectivity index (χ1n) is 6.68. The van der Waals surface area contributed by atoms with Crippen molar-refractivity contribution in [2.45, 2.75) is 24.8 Å². The fraction of sp³-hybridized carbons (Fsp3) is 0.917. The van der Waals surface area contributed by atoms with Gasteiger partial charge in [-0.05, 0) is 12.8 Å². The fourth-order valence-corrected chi connectivity index (χ4v) is 2.59. The summed E-state index contributed by atoms with van der Waals surface area (Å²) in [5, 5.41) is 0. The number of hydrogen-bond donors (Lipinski definition) is 1. The lowest BCUT2D eigenvalue weighted by Gasteiger charge is -2.40. The molecule has 2 rings (SSSR count). The molecule has 21 heavy (non-hydrogen) atoms. The number of piperazine rings is 1. The molecular formula is C12H23Cl2F2N3O2. The van der Waals surface area contributed by atoms with E-state index in [1.807, 2.05) is 0 Å². The minimum absolute atomic E-state index is 0. The van der Waals surface area contributed by atoms with Crippen LogP contribution >= 0.6 is 24.8 Å². The van der Waals surface area contributed by atoms with Crippen molar-refractivity contribution in [3.63, 3.8) is 0 Å². The Hall–Kier alpha value is -0.210. The number of amides is 1. The molecule has 0 saturated carbocycles. The molecule has 0 spiro atoms. The van der Waals surface area contributed by atoms with E-state index in [2.05, 4.69) is 0 Å². The number of halogens is 4. The summed E-state index contributed by atoms with van der Waals surface area (Å²) < 4.78 is 29.8. The largest absolute Gasteiger partial charge is 0.381 e. The molecule has 5 nitrogen and oxygen atoms in total. The van der Waals surface area contributed by atoms with E-state index in [1.165, 1.54) is 0 Å². The first-order chi connectivity index (χ1) is 9.01. The first-order valence-corrected chi connectivity index (χ1v) is 6.68. The van der Waals surface area contributed by atoms with Crippen LogP contribution in [0.1, 0.15) is 12.8 Å². The maximum Gasteiger partial charge on any atom is 0.251 e. The highest BCUT2D eigenvalue weighted by molar-refractivity contribution is 5.86. The van der Waals surface area contributed by atoms with Crippen molar-refractivity contribution < 1.29 is 18.3 Å². The Labute approximate surface area is 136 Å². The molecule has 0 atom stereocenters. The fourth-order valence-electron chi connectivity index (χ4n) is 2.59. The van der Waals surface area contributed by atoms with E-state index < -0.39 is 12.0 Å². The molecule has 0 aromatic rings. The summed E-state index contributed by atoms with van der Waals surface area (Å²) in [7, 11) is 0. The monoisotopic (exact) mass is 349 g/mol. The average molecular weight is 350 g/mol. The molecule has 1 amide bonds. The van der Waals surface area contributed by atoms with E-state index in [1.54, 1.807) is 9.80 Å². The van der Waals surface area contributed by atoms with Gasteiger partial charge in [-0.1, -0.05) is 0 Å². The van der Waals surface area contributed by atoms with Crippen molar-refractivity contribution in [2.75, 3.05) is 45.9 Å².